The van der Waals surface area contributed by atoms with Crippen LogP contribution < -0.4 is 4.72 Å². The highest BCUT2D eigenvalue weighted by Gasteiger charge is 2.21. The van der Waals surface area contributed by atoms with Crippen molar-refractivity contribution in [1.82, 2.24) is 14.5 Å². The summed E-state index contributed by atoms with van der Waals surface area (Å²) < 4.78 is 34.1. The largest absolute Gasteiger partial charge is 0.381 e. The number of hydrogen-bond acceptors (Lipinski definition) is 4. The highest BCUT2D eigenvalue weighted by molar-refractivity contribution is 7.89. The smallest absolute Gasteiger partial charge is 0.257 e. The summed E-state index contributed by atoms with van der Waals surface area (Å²) in [7, 11) is -3.48. The molecule has 1 N–H and O–H groups in total. The van der Waals surface area contributed by atoms with E-state index in [0.717, 1.165) is 32.5 Å². The van der Waals surface area contributed by atoms with Crippen molar-refractivity contribution in [3.8, 4) is 0 Å². The van der Waals surface area contributed by atoms with Crippen LogP contribution in [0.15, 0.2) is 17.3 Å². The van der Waals surface area contributed by atoms with E-state index in [9.17, 15) is 8.42 Å². The van der Waals surface area contributed by atoms with E-state index in [0.29, 0.717) is 12.5 Å². The first-order valence-corrected chi connectivity index (χ1v) is 8.60. The highest BCUT2D eigenvalue weighted by Crippen LogP contribution is 2.17. The van der Waals surface area contributed by atoms with Crippen LogP contribution in [-0.2, 0) is 14.8 Å². The lowest BCUT2D eigenvalue weighted by Gasteiger charge is -2.22. The molecule has 0 saturated carbocycles. The van der Waals surface area contributed by atoms with E-state index >= 15 is 0 Å². The average Bonchev–Trinajstić information content (AvgIpc) is 2.90. The summed E-state index contributed by atoms with van der Waals surface area (Å²) in [6.45, 7) is 5.83. The van der Waals surface area contributed by atoms with Crippen LogP contribution in [0.2, 0.25) is 0 Å². The summed E-state index contributed by atoms with van der Waals surface area (Å²) in [5.41, 5.74) is 0. The van der Waals surface area contributed by atoms with Gasteiger partial charge < -0.3 is 4.74 Å². The lowest BCUT2D eigenvalue weighted by atomic mass is 9.99. The molecule has 0 bridgehead atoms. The van der Waals surface area contributed by atoms with Gasteiger partial charge in [-0.1, -0.05) is 0 Å². The Morgan fingerprint density at radius 3 is 3.00 bits per heavy atom. The van der Waals surface area contributed by atoms with E-state index in [4.69, 9.17) is 4.74 Å². The second kappa shape index (κ2) is 6.69. The third-order valence-electron chi connectivity index (χ3n) is 3.50. The molecule has 0 radical (unpaired) electrons. The highest BCUT2D eigenvalue weighted by atomic mass is 32.2. The molecule has 2 rings (SSSR count). The van der Waals surface area contributed by atoms with Gasteiger partial charge in [0.15, 0.2) is 5.03 Å². The fraction of sp³-hybridized carbons (Fsp3) is 0.769. The molecule has 1 aliphatic heterocycles. The van der Waals surface area contributed by atoms with Crippen LogP contribution in [0.5, 0.6) is 0 Å². The summed E-state index contributed by atoms with van der Waals surface area (Å²) in [6, 6.07) is 1.55. The predicted molar refractivity (Wildman–Crippen MR) is 76.0 cm³/mol. The van der Waals surface area contributed by atoms with E-state index in [-0.39, 0.29) is 11.1 Å². The molecule has 1 aromatic rings. The lowest BCUT2D eigenvalue weighted by molar-refractivity contribution is 0.0523. The second-order valence-corrected chi connectivity index (χ2v) is 7.19. The Hall–Kier alpha value is -0.920. The Kier molecular flexibility index (Phi) is 5.17. The third kappa shape index (κ3) is 3.80. The number of ether oxygens (including phenoxy) is 1. The zero-order valence-electron chi connectivity index (χ0n) is 12.1. The van der Waals surface area contributed by atoms with E-state index in [1.165, 1.54) is 16.9 Å². The summed E-state index contributed by atoms with van der Waals surface area (Å²) >= 11 is 0. The zero-order valence-corrected chi connectivity index (χ0v) is 12.9. The quantitative estimate of drug-likeness (QED) is 0.865. The molecule has 1 saturated heterocycles. The van der Waals surface area contributed by atoms with E-state index in [2.05, 4.69) is 9.82 Å². The number of hydrogen-bond donors (Lipinski definition) is 1. The fourth-order valence-corrected chi connectivity index (χ4v) is 3.69. The van der Waals surface area contributed by atoms with Crippen LogP contribution in [0.4, 0.5) is 0 Å². The van der Waals surface area contributed by atoms with Crippen molar-refractivity contribution < 1.29 is 13.2 Å². The van der Waals surface area contributed by atoms with Gasteiger partial charge in [0.1, 0.15) is 0 Å². The number of aromatic nitrogens is 2. The first-order valence-electron chi connectivity index (χ1n) is 7.11. The Bertz CT molecular complexity index is 519. The van der Waals surface area contributed by atoms with Gasteiger partial charge in [-0.05, 0) is 45.1 Å². The van der Waals surface area contributed by atoms with Gasteiger partial charge in [-0.2, -0.15) is 5.10 Å². The third-order valence-corrected chi connectivity index (χ3v) is 4.96. The van der Waals surface area contributed by atoms with E-state index in [1.54, 1.807) is 0 Å². The van der Waals surface area contributed by atoms with Crippen molar-refractivity contribution in [2.24, 2.45) is 5.92 Å². The molecule has 6 nitrogen and oxygen atoms in total. The molecule has 2 heterocycles. The van der Waals surface area contributed by atoms with Gasteiger partial charge in [0.25, 0.3) is 10.0 Å². The van der Waals surface area contributed by atoms with Crippen LogP contribution in [0.25, 0.3) is 0 Å². The normalized spacial score (nSPS) is 20.4. The summed E-state index contributed by atoms with van der Waals surface area (Å²) in [5, 5.41) is 4.29. The van der Waals surface area contributed by atoms with Crippen LogP contribution in [0.3, 0.4) is 0 Å². The number of nitrogens with zero attached hydrogens (tertiary/aromatic N) is 2. The minimum absolute atomic E-state index is 0.0170. The SMILES string of the molecule is CC(C)n1nccc1S(=O)(=O)NCC[C@@H]1CCCOC1. The molecule has 1 fully saturated rings. The molecule has 7 heteroatoms. The van der Waals surface area contributed by atoms with Gasteiger partial charge in [-0.15, -0.1) is 0 Å². The molecule has 114 valence electrons. The Balaban J connectivity index is 1.92. The van der Waals surface area contributed by atoms with Gasteiger partial charge in [0, 0.05) is 25.8 Å². The first kappa shape index (κ1) is 15.5. The maximum Gasteiger partial charge on any atom is 0.257 e. The van der Waals surface area contributed by atoms with Crippen LogP contribution in [0, 0.1) is 5.92 Å². The average molecular weight is 301 g/mol. The van der Waals surface area contributed by atoms with Gasteiger partial charge in [0.05, 0.1) is 6.20 Å². The van der Waals surface area contributed by atoms with Gasteiger partial charge >= 0.3 is 0 Å². The minimum atomic E-state index is -3.48. The summed E-state index contributed by atoms with van der Waals surface area (Å²) in [5.74, 6) is 0.460. The molecular formula is C13H23N3O3S. The molecule has 20 heavy (non-hydrogen) atoms. The van der Waals surface area contributed by atoms with Crippen LogP contribution in [0.1, 0.15) is 39.2 Å². The number of nitrogens with one attached hydrogen (secondary N) is 1. The van der Waals surface area contributed by atoms with Crippen molar-refractivity contribution in [2.45, 2.75) is 44.2 Å². The Morgan fingerprint density at radius 1 is 1.55 bits per heavy atom. The summed E-state index contributed by atoms with van der Waals surface area (Å²) in [6.07, 6.45) is 4.52. The first-order chi connectivity index (χ1) is 9.50. The lowest BCUT2D eigenvalue weighted by Crippen LogP contribution is -2.30. The molecule has 1 atom stereocenters. The molecule has 0 spiro atoms. The molecular weight excluding hydrogens is 278 g/mol. The van der Waals surface area contributed by atoms with Crippen molar-refractivity contribution in [2.75, 3.05) is 19.8 Å². The maximum absolute atomic E-state index is 12.3. The molecule has 0 amide bonds. The van der Waals surface area contributed by atoms with Crippen molar-refractivity contribution in [1.29, 1.82) is 0 Å². The molecule has 0 aromatic carbocycles. The molecule has 0 unspecified atom stereocenters. The Morgan fingerprint density at radius 2 is 2.35 bits per heavy atom. The standard InChI is InChI=1S/C13H23N3O3S/c1-11(2)16-13(6-7-14-16)20(17,18)15-8-5-12-4-3-9-19-10-12/h6-7,11-12,15H,3-5,8-10H2,1-2H3/t12-/m0/s1. The van der Waals surface area contributed by atoms with Crippen molar-refractivity contribution in [3.05, 3.63) is 12.3 Å². The number of sulfonamides is 1. The molecule has 0 aliphatic carbocycles. The topological polar surface area (TPSA) is 73.2 Å². The Labute approximate surface area is 120 Å². The van der Waals surface area contributed by atoms with Crippen LogP contribution >= 0.6 is 0 Å². The monoisotopic (exact) mass is 301 g/mol. The summed E-state index contributed by atoms with van der Waals surface area (Å²) in [4.78, 5) is 0. The van der Waals surface area contributed by atoms with Crippen molar-refractivity contribution in [3.63, 3.8) is 0 Å². The van der Waals surface area contributed by atoms with Gasteiger partial charge in [-0.3, -0.25) is 4.68 Å². The fourth-order valence-electron chi connectivity index (χ4n) is 2.41. The second-order valence-electron chi connectivity index (χ2n) is 5.48. The van der Waals surface area contributed by atoms with E-state index < -0.39 is 10.0 Å². The van der Waals surface area contributed by atoms with Gasteiger partial charge in [-0.25, -0.2) is 13.1 Å². The van der Waals surface area contributed by atoms with E-state index in [1.807, 2.05) is 13.8 Å². The minimum Gasteiger partial charge on any atom is -0.381 e. The molecule has 1 aromatic heterocycles. The number of rotatable bonds is 6. The zero-order chi connectivity index (χ0) is 14.6. The van der Waals surface area contributed by atoms with Crippen molar-refractivity contribution >= 4 is 10.0 Å². The molecule has 1 aliphatic rings. The maximum atomic E-state index is 12.3. The van der Waals surface area contributed by atoms with Crippen LogP contribution in [-0.4, -0.2) is 38.0 Å². The predicted octanol–water partition coefficient (Wildman–Crippen LogP) is 1.56. The van der Waals surface area contributed by atoms with Gasteiger partial charge in [0.2, 0.25) is 0 Å².